The largest absolute Gasteiger partial charge is 0.489 e. The van der Waals surface area contributed by atoms with Gasteiger partial charge in [0, 0.05) is 21.5 Å². The highest BCUT2D eigenvalue weighted by molar-refractivity contribution is 6.26. The first-order valence-corrected chi connectivity index (χ1v) is 13.2. The second-order valence-corrected chi connectivity index (χ2v) is 10.1. The van der Waals surface area contributed by atoms with Crippen molar-refractivity contribution in [2.45, 2.75) is 12.2 Å². The highest BCUT2D eigenvalue weighted by atomic mass is 16.6. The SMILES string of the molecule is c1ccc2c(-c3c4ccccc4c(OCC4CO4)c4ccccc34)c3ccccc3c(OCC3CO3)c2c1. The summed E-state index contributed by atoms with van der Waals surface area (Å²) in [6, 6.07) is 34.4. The van der Waals surface area contributed by atoms with Crippen molar-refractivity contribution < 1.29 is 18.9 Å². The van der Waals surface area contributed by atoms with Crippen LogP contribution in [0.4, 0.5) is 0 Å². The fourth-order valence-electron chi connectivity index (χ4n) is 5.71. The highest BCUT2D eigenvalue weighted by Gasteiger charge is 2.27. The smallest absolute Gasteiger partial charge is 0.135 e. The molecule has 2 atom stereocenters. The van der Waals surface area contributed by atoms with Gasteiger partial charge >= 0.3 is 0 Å². The van der Waals surface area contributed by atoms with Crippen LogP contribution in [0.1, 0.15) is 0 Å². The molecule has 6 aromatic rings. The average Bonchev–Trinajstić information content (AvgIpc) is 3.90. The number of benzene rings is 6. The fraction of sp³-hybridized carbons (Fsp3) is 0.176. The van der Waals surface area contributed by atoms with Gasteiger partial charge in [0.25, 0.3) is 0 Å². The van der Waals surface area contributed by atoms with E-state index in [9.17, 15) is 0 Å². The molecule has 38 heavy (non-hydrogen) atoms. The van der Waals surface area contributed by atoms with E-state index in [2.05, 4.69) is 97.1 Å². The van der Waals surface area contributed by atoms with Crippen molar-refractivity contribution >= 4 is 43.1 Å². The molecule has 186 valence electrons. The highest BCUT2D eigenvalue weighted by Crippen LogP contribution is 2.49. The van der Waals surface area contributed by atoms with Gasteiger partial charge in [-0.05, 0) is 32.7 Å². The van der Waals surface area contributed by atoms with Crippen LogP contribution in [0.5, 0.6) is 11.5 Å². The van der Waals surface area contributed by atoms with Gasteiger partial charge in [0.05, 0.1) is 13.2 Å². The number of ether oxygens (including phenoxy) is 4. The van der Waals surface area contributed by atoms with Gasteiger partial charge in [-0.25, -0.2) is 0 Å². The Morgan fingerprint density at radius 3 is 0.974 bits per heavy atom. The number of epoxide rings is 2. The number of hydrogen-bond acceptors (Lipinski definition) is 4. The molecule has 0 radical (unpaired) electrons. The van der Waals surface area contributed by atoms with Crippen LogP contribution in [-0.2, 0) is 9.47 Å². The lowest BCUT2D eigenvalue weighted by atomic mass is 9.85. The first kappa shape index (κ1) is 21.9. The minimum absolute atomic E-state index is 0.189. The first-order valence-electron chi connectivity index (χ1n) is 13.2. The Balaban J connectivity index is 1.49. The summed E-state index contributed by atoms with van der Waals surface area (Å²) in [5.74, 6) is 1.85. The Hall–Kier alpha value is -4.12. The molecular formula is C34H26O4. The average molecular weight is 499 g/mol. The van der Waals surface area contributed by atoms with Crippen molar-refractivity contribution in [3.05, 3.63) is 97.1 Å². The molecule has 0 spiro atoms. The molecule has 4 heteroatoms. The molecule has 6 aromatic carbocycles. The van der Waals surface area contributed by atoms with Crippen LogP contribution in [0, 0.1) is 0 Å². The molecule has 4 nitrogen and oxygen atoms in total. The van der Waals surface area contributed by atoms with Crippen molar-refractivity contribution in [2.75, 3.05) is 26.4 Å². The third-order valence-electron chi connectivity index (χ3n) is 7.65. The van der Waals surface area contributed by atoms with Gasteiger partial charge in [-0.3, -0.25) is 0 Å². The maximum atomic E-state index is 6.44. The topological polar surface area (TPSA) is 43.5 Å². The van der Waals surface area contributed by atoms with Crippen LogP contribution in [0.2, 0.25) is 0 Å². The van der Waals surface area contributed by atoms with E-state index in [4.69, 9.17) is 18.9 Å². The summed E-state index contributed by atoms with van der Waals surface area (Å²) < 4.78 is 23.8. The van der Waals surface area contributed by atoms with E-state index in [1.807, 2.05) is 0 Å². The molecular weight excluding hydrogens is 472 g/mol. The molecule has 0 amide bonds. The molecule has 0 aromatic heterocycles. The van der Waals surface area contributed by atoms with Gasteiger partial charge in [-0.1, -0.05) is 97.1 Å². The van der Waals surface area contributed by atoms with E-state index in [0.29, 0.717) is 13.2 Å². The second-order valence-electron chi connectivity index (χ2n) is 10.1. The summed E-state index contributed by atoms with van der Waals surface area (Å²) in [4.78, 5) is 0. The zero-order valence-corrected chi connectivity index (χ0v) is 20.9. The third-order valence-corrected chi connectivity index (χ3v) is 7.65. The third kappa shape index (κ3) is 3.60. The number of rotatable bonds is 7. The molecule has 2 heterocycles. The summed E-state index contributed by atoms with van der Waals surface area (Å²) in [6.07, 6.45) is 0.377. The van der Waals surface area contributed by atoms with Crippen LogP contribution in [0.3, 0.4) is 0 Å². The van der Waals surface area contributed by atoms with Gasteiger partial charge in [0.15, 0.2) is 0 Å². The lowest BCUT2D eigenvalue weighted by molar-refractivity contribution is 0.267. The standard InChI is InChI=1S/C34H26O4/c1-5-13-27-23(9-1)31(24-10-2-6-14-28(24)33(27)37-19-21-17-35-21)32-25-11-3-7-15-29(25)34(38-20-22-18-36-22)30-16-8-4-12-26(30)32/h1-16,21-22H,17-20H2. The minimum atomic E-state index is 0.189. The number of hydrogen-bond donors (Lipinski definition) is 0. The van der Waals surface area contributed by atoms with Crippen LogP contribution in [0.15, 0.2) is 97.1 Å². The van der Waals surface area contributed by atoms with Gasteiger partial charge in [-0.15, -0.1) is 0 Å². The molecule has 2 saturated heterocycles. The molecule has 2 fully saturated rings. The zero-order chi connectivity index (χ0) is 25.1. The molecule has 0 saturated carbocycles. The van der Waals surface area contributed by atoms with Crippen molar-refractivity contribution in [2.24, 2.45) is 0 Å². The van der Waals surface area contributed by atoms with Gasteiger partial charge in [0.1, 0.15) is 36.9 Å². The molecule has 0 bridgehead atoms. The molecule has 2 aliphatic rings. The lowest BCUT2D eigenvalue weighted by Crippen LogP contribution is -2.06. The van der Waals surface area contributed by atoms with Crippen LogP contribution in [-0.4, -0.2) is 38.6 Å². The molecule has 0 aliphatic carbocycles. The Bertz CT molecular complexity index is 1600. The summed E-state index contributed by atoms with van der Waals surface area (Å²) in [7, 11) is 0. The summed E-state index contributed by atoms with van der Waals surface area (Å²) >= 11 is 0. The van der Waals surface area contributed by atoms with E-state index in [1.54, 1.807) is 0 Å². The van der Waals surface area contributed by atoms with Crippen molar-refractivity contribution in [3.63, 3.8) is 0 Å². The van der Waals surface area contributed by atoms with Crippen molar-refractivity contribution in [1.82, 2.24) is 0 Å². The Morgan fingerprint density at radius 2 is 0.711 bits per heavy atom. The van der Waals surface area contributed by atoms with E-state index >= 15 is 0 Å². The lowest BCUT2D eigenvalue weighted by Gasteiger charge is -2.21. The maximum Gasteiger partial charge on any atom is 0.135 e. The van der Waals surface area contributed by atoms with Crippen molar-refractivity contribution in [3.8, 4) is 22.6 Å². The van der Waals surface area contributed by atoms with E-state index in [0.717, 1.165) is 46.3 Å². The monoisotopic (exact) mass is 498 g/mol. The number of fused-ring (bicyclic) bond motifs is 4. The second kappa shape index (κ2) is 8.73. The van der Waals surface area contributed by atoms with Crippen LogP contribution < -0.4 is 9.47 Å². The van der Waals surface area contributed by atoms with E-state index in [1.165, 1.54) is 32.7 Å². The zero-order valence-electron chi connectivity index (χ0n) is 20.9. The van der Waals surface area contributed by atoms with Crippen LogP contribution >= 0.6 is 0 Å². The molecule has 0 N–H and O–H groups in total. The summed E-state index contributed by atoms with van der Waals surface area (Å²) in [5, 5.41) is 9.15. The molecule has 2 aliphatic heterocycles. The first-order chi connectivity index (χ1) is 18.9. The molecule has 8 rings (SSSR count). The van der Waals surface area contributed by atoms with E-state index < -0.39 is 0 Å². The van der Waals surface area contributed by atoms with Gasteiger partial charge in [0.2, 0.25) is 0 Å². The fourth-order valence-corrected chi connectivity index (χ4v) is 5.71. The summed E-state index contributed by atoms with van der Waals surface area (Å²) in [5.41, 5.74) is 2.44. The minimum Gasteiger partial charge on any atom is -0.489 e. The van der Waals surface area contributed by atoms with Crippen LogP contribution in [0.25, 0.3) is 54.2 Å². The van der Waals surface area contributed by atoms with E-state index in [-0.39, 0.29) is 12.2 Å². The Kier molecular flexibility index (Phi) is 5.03. The molecule has 2 unspecified atom stereocenters. The van der Waals surface area contributed by atoms with Crippen molar-refractivity contribution in [1.29, 1.82) is 0 Å². The predicted octanol–water partition coefficient (Wildman–Crippen LogP) is 7.52. The van der Waals surface area contributed by atoms with Gasteiger partial charge < -0.3 is 18.9 Å². The Morgan fingerprint density at radius 1 is 0.447 bits per heavy atom. The maximum absolute atomic E-state index is 6.44. The Labute approximate surface area is 220 Å². The normalized spacial score (nSPS) is 18.3. The quantitative estimate of drug-likeness (QED) is 0.169. The summed E-state index contributed by atoms with van der Waals surface area (Å²) in [6.45, 7) is 2.67. The van der Waals surface area contributed by atoms with Gasteiger partial charge in [-0.2, -0.15) is 0 Å². The predicted molar refractivity (Wildman–Crippen MR) is 152 cm³/mol.